The van der Waals surface area contributed by atoms with Crippen LogP contribution in [0.3, 0.4) is 0 Å². The Morgan fingerprint density at radius 3 is 2.70 bits per heavy atom. The predicted octanol–water partition coefficient (Wildman–Crippen LogP) is 4.09. The quantitative estimate of drug-likeness (QED) is 0.269. The van der Waals surface area contributed by atoms with Gasteiger partial charge in [-0.1, -0.05) is 24.3 Å². The molecule has 9 nitrogen and oxygen atoms in total. The molecule has 1 aliphatic rings. The average Bonchev–Trinajstić information content (AvgIpc) is 3.61. The Hall–Kier alpha value is -4.24. The van der Waals surface area contributed by atoms with E-state index in [4.69, 9.17) is 10.1 Å². The van der Waals surface area contributed by atoms with Gasteiger partial charge < -0.3 is 20.8 Å². The maximum Gasteiger partial charge on any atom is 0.140 e. The number of pyridine rings is 1. The summed E-state index contributed by atoms with van der Waals surface area (Å²) >= 11 is 0. The lowest BCUT2D eigenvalue weighted by molar-refractivity contribution is 0.238. The summed E-state index contributed by atoms with van der Waals surface area (Å²) in [5.74, 6) is 1.57. The Labute approximate surface area is 216 Å². The first-order valence-electron chi connectivity index (χ1n) is 12.6. The Bertz CT molecular complexity index is 1370. The zero-order valence-electron chi connectivity index (χ0n) is 21.0. The number of imidazole rings is 1. The minimum atomic E-state index is 0.623. The lowest BCUT2D eigenvalue weighted by Gasteiger charge is -2.15. The third kappa shape index (κ3) is 5.95. The molecule has 9 heteroatoms. The van der Waals surface area contributed by atoms with Crippen LogP contribution >= 0.6 is 0 Å². The highest BCUT2D eigenvalue weighted by Gasteiger charge is 2.12. The molecule has 4 heterocycles. The zero-order chi connectivity index (χ0) is 25.5. The maximum absolute atomic E-state index is 7.57. The van der Waals surface area contributed by atoms with Gasteiger partial charge in [0, 0.05) is 56.5 Å². The molecule has 4 aromatic rings. The molecule has 190 valence electrons. The van der Waals surface area contributed by atoms with Gasteiger partial charge in [-0.25, -0.2) is 15.0 Å². The highest BCUT2D eigenvalue weighted by Crippen LogP contribution is 2.23. The molecule has 0 bridgehead atoms. The number of ether oxygens (including phenoxy) is 1. The second kappa shape index (κ2) is 11.7. The summed E-state index contributed by atoms with van der Waals surface area (Å²) in [4.78, 5) is 15.9. The first kappa shape index (κ1) is 24.5. The summed E-state index contributed by atoms with van der Waals surface area (Å²) in [5.41, 5.74) is 5.43. The fourth-order valence-electron chi connectivity index (χ4n) is 4.51. The van der Waals surface area contributed by atoms with Gasteiger partial charge in [0.1, 0.15) is 30.1 Å². The number of benzene rings is 1. The molecule has 0 radical (unpaired) electrons. The molecule has 37 heavy (non-hydrogen) atoms. The van der Waals surface area contributed by atoms with Crippen molar-refractivity contribution in [3.8, 4) is 17.1 Å². The SMILES string of the molecule is CN/C=C(\C=N)c1ccc(CNc2cc(-c3cnc4cc(OCCN5CCCC5)ccn34)ncn2)cc1. The number of nitrogens with one attached hydrogen (secondary N) is 3. The van der Waals surface area contributed by atoms with Crippen molar-refractivity contribution in [2.45, 2.75) is 19.4 Å². The van der Waals surface area contributed by atoms with Crippen LogP contribution in [0.15, 0.2) is 67.4 Å². The van der Waals surface area contributed by atoms with Gasteiger partial charge >= 0.3 is 0 Å². The number of fused-ring (bicyclic) bond motifs is 1. The van der Waals surface area contributed by atoms with E-state index in [1.54, 1.807) is 6.33 Å². The number of likely N-dealkylation sites (tertiary alicyclic amines) is 1. The summed E-state index contributed by atoms with van der Waals surface area (Å²) < 4.78 is 7.99. The molecule has 0 unspecified atom stereocenters. The van der Waals surface area contributed by atoms with Crippen LogP contribution in [0.25, 0.3) is 22.6 Å². The number of rotatable bonds is 11. The average molecular weight is 497 g/mol. The second-order valence-electron chi connectivity index (χ2n) is 9.00. The van der Waals surface area contributed by atoms with Crippen molar-refractivity contribution >= 4 is 23.3 Å². The molecule has 0 spiro atoms. The van der Waals surface area contributed by atoms with E-state index < -0.39 is 0 Å². The fraction of sp³-hybridized carbons (Fsp3) is 0.286. The number of nitrogens with zero attached hydrogens (tertiary/aromatic N) is 5. The summed E-state index contributed by atoms with van der Waals surface area (Å²) in [6.45, 7) is 4.62. The Kier molecular flexibility index (Phi) is 7.71. The Morgan fingerprint density at radius 2 is 1.92 bits per heavy atom. The molecule has 3 aromatic heterocycles. The molecular formula is C28H32N8O. The van der Waals surface area contributed by atoms with E-state index in [1.807, 2.05) is 72.5 Å². The van der Waals surface area contributed by atoms with Crippen molar-refractivity contribution in [1.29, 1.82) is 5.41 Å². The summed E-state index contributed by atoms with van der Waals surface area (Å²) in [5, 5.41) is 13.9. The van der Waals surface area contributed by atoms with Gasteiger partial charge in [-0.2, -0.15) is 0 Å². The highest BCUT2D eigenvalue weighted by molar-refractivity contribution is 6.08. The van der Waals surface area contributed by atoms with Crippen LogP contribution in [0, 0.1) is 5.41 Å². The smallest absolute Gasteiger partial charge is 0.140 e. The van der Waals surface area contributed by atoms with E-state index >= 15 is 0 Å². The monoisotopic (exact) mass is 496 g/mol. The standard InChI is InChI=1S/C28H32N8O/c1-30-18-23(16-29)22-6-4-21(5-7-22)17-31-27-15-25(33-20-34-27)26-19-32-28-14-24(8-11-36(26)28)37-13-12-35-9-2-3-10-35/h4-8,11,14-16,18-20,29-30H,2-3,9-10,12-13,17H2,1H3,(H,31,33,34)/b23-18+,29-16?. The van der Waals surface area contributed by atoms with Crippen LogP contribution in [0.2, 0.25) is 0 Å². The van der Waals surface area contributed by atoms with E-state index in [0.717, 1.165) is 51.8 Å². The highest BCUT2D eigenvalue weighted by atomic mass is 16.5. The number of hydrogen-bond acceptors (Lipinski definition) is 8. The first-order valence-corrected chi connectivity index (χ1v) is 12.6. The number of aromatic nitrogens is 4. The zero-order valence-corrected chi connectivity index (χ0v) is 21.0. The summed E-state index contributed by atoms with van der Waals surface area (Å²) in [7, 11) is 1.83. The second-order valence-corrected chi connectivity index (χ2v) is 9.00. The number of hydrogen-bond donors (Lipinski definition) is 3. The van der Waals surface area contributed by atoms with Crippen LogP contribution in [0.1, 0.15) is 24.0 Å². The fourth-order valence-corrected chi connectivity index (χ4v) is 4.51. The van der Waals surface area contributed by atoms with Crippen LogP contribution < -0.4 is 15.4 Å². The minimum Gasteiger partial charge on any atom is -0.492 e. The molecule has 3 N–H and O–H groups in total. The molecule has 0 atom stereocenters. The lowest BCUT2D eigenvalue weighted by Crippen LogP contribution is -2.25. The molecule has 1 fully saturated rings. The van der Waals surface area contributed by atoms with E-state index in [0.29, 0.717) is 13.2 Å². The Balaban J connectivity index is 1.23. The summed E-state index contributed by atoms with van der Waals surface area (Å²) in [6, 6.07) is 14.0. The van der Waals surface area contributed by atoms with Gasteiger partial charge in [-0.15, -0.1) is 0 Å². The minimum absolute atomic E-state index is 0.623. The normalized spacial score (nSPS) is 14.1. The topological polar surface area (TPSA) is 103 Å². The first-order chi connectivity index (χ1) is 18.2. The molecule has 0 amide bonds. The maximum atomic E-state index is 7.57. The van der Waals surface area contributed by atoms with Gasteiger partial charge in [-0.05, 0) is 43.1 Å². The number of allylic oxidation sites excluding steroid dienone is 1. The molecular weight excluding hydrogens is 464 g/mol. The third-order valence-corrected chi connectivity index (χ3v) is 6.51. The molecule has 0 aliphatic carbocycles. The Morgan fingerprint density at radius 1 is 1.08 bits per heavy atom. The van der Waals surface area contributed by atoms with E-state index in [9.17, 15) is 0 Å². The van der Waals surface area contributed by atoms with E-state index in [2.05, 4.69) is 30.5 Å². The number of anilines is 1. The molecule has 1 saturated heterocycles. The van der Waals surface area contributed by atoms with Crippen LogP contribution in [0.4, 0.5) is 5.82 Å². The summed E-state index contributed by atoms with van der Waals surface area (Å²) in [6.07, 6.45) is 11.1. The third-order valence-electron chi connectivity index (χ3n) is 6.51. The van der Waals surface area contributed by atoms with Gasteiger partial charge in [0.2, 0.25) is 0 Å². The predicted molar refractivity (Wildman–Crippen MR) is 147 cm³/mol. The largest absolute Gasteiger partial charge is 0.492 e. The van der Waals surface area contributed by atoms with Gasteiger partial charge in [0.05, 0.1) is 17.6 Å². The molecule has 1 aliphatic heterocycles. The van der Waals surface area contributed by atoms with Crippen molar-refractivity contribution in [1.82, 2.24) is 29.6 Å². The van der Waals surface area contributed by atoms with Gasteiger partial charge in [-0.3, -0.25) is 9.30 Å². The van der Waals surface area contributed by atoms with E-state index in [-0.39, 0.29) is 0 Å². The lowest BCUT2D eigenvalue weighted by atomic mass is 10.1. The molecule has 5 rings (SSSR count). The molecule has 0 saturated carbocycles. The van der Waals surface area contributed by atoms with Gasteiger partial charge in [0.25, 0.3) is 0 Å². The van der Waals surface area contributed by atoms with Crippen molar-refractivity contribution in [2.24, 2.45) is 0 Å². The van der Waals surface area contributed by atoms with Crippen molar-refractivity contribution in [3.05, 3.63) is 78.5 Å². The van der Waals surface area contributed by atoms with Crippen LogP contribution in [0.5, 0.6) is 5.75 Å². The van der Waals surface area contributed by atoms with Crippen molar-refractivity contribution in [2.75, 3.05) is 38.6 Å². The van der Waals surface area contributed by atoms with Crippen LogP contribution in [-0.4, -0.2) is 63.8 Å². The van der Waals surface area contributed by atoms with Crippen molar-refractivity contribution < 1.29 is 4.74 Å². The molecule has 1 aromatic carbocycles. The van der Waals surface area contributed by atoms with Gasteiger partial charge in [0.15, 0.2) is 0 Å². The van der Waals surface area contributed by atoms with E-state index in [1.165, 1.54) is 32.1 Å². The van der Waals surface area contributed by atoms with Crippen molar-refractivity contribution in [3.63, 3.8) is 0 Å². The van der Waals surface area contributed by atoms with Crippen LogP contribution in [-0.2, 0) is 6.54 Å².